The predicted molar refractivity (Wildman–Crippen MR) is 52.4 cm³/mol. The van der Waals surface area contributed by atoms with Gasteiger partial charge < -0.3 is 5.73 Å². The molecule has 0 bridgehead atoms. The van der Waals surface area contributed by atoms with Gasteiger partial charge in [0.05, 0.1) is 12.1 Å². The highest BCUT2D eigenvalue weighted by Crippen LogP contribution is 2.19. The standard InChI is InChI=1S/C8H11ClN4/c1-2-13-8(5-10)3-7(9)12-4-6(8)11/h3-4,6,13H,2,11H2,1H3. The van der Waals surface area contributed by atoms with Crippen molar-refractivity contribution >= 4 is 17.8 Å². The lowest BCUT2D eigenvalue weighted by Gasteiger charge is -2.30. The van der Waals surface area contributed by atoms with Gasteiger partial charge in [-0.15, -0.1) is 0 Å². The Balaban J connectivity index is 2.98. The van der Waals surface area contributed by atoms with Gasteiger partial charge in [-0.2, -0.15) is 5.26 Å². The fraction of sp³-hybridized carbons (Fsp3) is 0.500. The van der Waals surface area contributed by atoms with Gasteiger partial charge in [0.2, 0.25) is 0 Å². The fourth-order valence-corrected chi connectivity index (χ4v) is 1.43. The smallest absolute Gasteiger partial charge is 0.148 e. The van der Waals surface area contributed by atoms with Gasteiger partial charge in [0.25, 0.3) is 0 Å². The first-order valence-electron chi connectivity index (χ1n) is 3.99. The number of likely N-dealkylation sites (N-methyl/N-ethyl adjacent to an activating group) is 1. The molecule has 0 spiro atoms. The van der Waals surface area contributed by atoms with Crippen molar-refractivity contribution in [2.75, 3.05) is 6.54 Å². The summed E-state index contributed by atoms with van der Waals surface area (Å²) in [6.07, 6.45) is 3.02. The summed E-state index contributed by atoms with van der Waals surface area (Å²) in [5.41, 5.74) is 4.83. The maximum absolute atomic E-state index is 9.00. The number of rotatable bonds is 2. The SMILES string of the molecule is CCNC1(C#N)C=C(Cl)N=CC1N. The van der Waals surface area contributed by atoms with Crippen LogP contribution >= 0.6 is 11.6 Å². The summed E-state index contributed by atoms with van der Waals surface area (Å²) < 4.78 is 0. The molecule has 1 rings (SSSR count). The zero-order valence-corrected chi connectivity index (χ0v) is 8.04. The highest BCUT2D eigenvalue weighted by molar-refractivity contribution is 6.30. The Morgan fingerprint density at radius 1 is 1.92 bits per heavy atom. The molecule has 0 aromatic carbocycles. The van der Waals surface area contributed by atoms with Crippen molar-refractivity contribution < 1.29 is 0 Å². The van der Waals surface area contributed by atoms with Crippen molar-refractivity contribution in [1.82, 2.24) is 5.32 Å². The third-order valence-electron chi connectivity index (χ3n) is 1.89. The summed E-state index contributed by atoms with van der Waals surface area (Å²) in [4.78, 5) is 3.82. The van der Waals surface area contributed by atoms with Crippen molar-refractivity contribution in [2.24, 2.45) is 10.7 Å². The van der Waals surface area contributed by atoms with Crippen molar-refractivity contribution in [3.8, 4) is 6.07 Å². The molecule has 0 aliphatic carbocycles. The fourth-order valence-electron chi connectivity index (χ4n) is 1.20. The number of hydrogen-bond donors (Lipinski definition) is 2. The second-order valence-corrected chi connectivity index (χ2v) is 3.17. The Morgan fingerprint density at radius 2 is 2.62 bits per heavy atom. The largest absolute Gasteiger partial charge is 0.320 e. The quantitative estimate of drug-likeness (QED) is 0.629. The lowest BCUT2D eigenvalue weighted by atomic mass is 9.91. The van der Waals surface area contributed by atoms with Crippen LogP contribution < -0.4 is 11.1 Å². The second-order valence-electron chi connectivity index (χ2n) is 2.78. The molecule has 1 aliphatic rings. The van der Waals surface area contributed by atoms with Gasteiger partial charge in [-0.3, -0.25) is 5.32 Å². The van der Waals surface area contributed by atoms with Crippen LogP contribution in [-0.2, 0) is 0 Å². The van der Waals surface area contributed by atoms with E-state index < -0.39 is 11.6 Å². The molecule has 0 aromatic heterocycles. The molecule has 0 amide bonds. The lowest BCUT2D eigenvalue weighted by Crippen LogP contribution is -2.57. The summed E-state index contributed by atoms with van der Waals surface area (Å²) in [5.74, 6) is 0. The van der Waals surface area contributed by atoms with Crippen LogP contribution in [0, 0.1) is 11.3 Å². The Hall–Kier alpha value is -0.890. The van der Waals surface area contributed by atoms with Crippen LogP contribution in [0.15, 0.2) is 16.2 Å². The maximum Gasteiger partial charge on any atom is 0.148 e. The summed E-state index contributed by atoms with van der Waals surface area (Å²) >= 11 is 5.70. The van der Waals surface area contributed by atoms with E-state index in [1.165, 1.54) is 6.21 Å². The van der Waals surface area contributed by atoms with E-state index in [2.05, 4.69) is 16.4 Å². The first-order chi connectivity index (χ1) is 6.14. The molecule has 2 unspecified atom stereocenters. The van der Waals surface area contributed by atoms with Gasteiger partial charge >= 0.3 is 0 Å². The minimum absolute atomic E-state index is 0.296. The highest BCUT2D eigenvalue weighted by Gasteiger charge is 2.35. The van der Waals surface area contributed by atoms with E-state index in [-0.39, 0.29) is 0 Å². The summed E-state index contributed by atoms with van der Waals surface area (Å²) in [6.45, 7) is 2.55. The molecule has 0 saturated heterocycles. The molecule has 1 heterocycles. The van der Waals surface area contributed by atoms with Crippen molar-refractivity contribution in [1.29, 1.82) is 5.26 Å². The predicted octanol–water partition coefficient (Wildman–Crippen LogP) is 0.350. The topological polar surface area (TPSA) is 74.2 Å². The van der Waals surface area contributed by atoms with E-state index in [0.29, 0.717) is 11.7 Å². The maximum atomic E-state index is 9.00. The van der Waals surface area contributed by atoms with Crippen LogP contribution in [0.1, 0.15) is 6.92 Å². The number of nitriles is 1. The number of aliphatic imine (C=N–C) groups is 1. The van der Waals surface area contributed by atoms with Crippen LogP contribution in [0.3, 0.4) is 0 Å². The van der Waals surface area contributed by atoms with Crippen LogP contribution in [0.2, 0.25) is 0 Å². The molecule has 5 heteroatoms. The molecule has 0 radical (unpaired) electrons. The Kier molecular flexibility index (Phi) is 3.04. The first kappa shape index (κ1) is 10.2. The van der Waals surface area contributed by atoms with Crippen LogP contribution in [-0.4, -0.2) is 24.3 Å². The van der Waals surface area contributed by atoms with E-state index in [1.807, 2.05) is 6.92 Å². The molecule has 0 saturated carbocycles. The average molecular weight is 199 g/mol. The molecule has 13 heavy (non-hydrogen) atoms. The molecule has 0 aromatic rings. The molecular formula is C8H11ClN4. The minimum Gasteiger partial charge on any atom is -0.320 e. The number of nitrogens with two attached hydrogens (primary N) is 1. The normalized spacial score (nSPS) is 32.5. The van der Waals surface area contributed by atoms with E-state index in [1.54, 1.807) is 6.08 Å². The average Bonchev–Trinajstić information content (AvgIpc) is 2.12. The van der Waals surface area contributed by atoms with Crippen LogP contribution in [0.25, 0.3) is 0 Å². The third kappa shape index (κ3) is 1.89. The molecule has 1 aliphatic heterocycles. The molecule has 3 N–H and O–H groups in total. The molecule has 70 valence electrons. The number of nitrogens with one attached hydrogen (secondary N) is 1. The summed E-state index contributed by atoms with van der Waals surface area (Å²) in [7, 11) is 0. The van der Waals surface area contributed by atoms with Crippen molar-refractivity contribution in [3.63, 3.8) is 0 Å². The Morgan fingerprint density at radius 3 is 3.15 bits per heavy atom. The number of nitrogens with zero attached hydrogens (tertiary/aromatic N) is 2. The van der Waals surface area contributed by atoms with E-state index >= 15 is 0 Å². The van der Waals surface area contributed by atoms with Gasteiger partial charge in [0, 0.05) is 6.21 Å². The van der Waals surface area contributed by atoms with Gasteiger partial charge in [-0.05, 0) is 12.6 Å². The third-order valence-corrected chi connectivity index (χ3v) is 2.09. The van der Waals surface area contributed by atoms with E-state index in [0.717, 1.165) is 0 Å². The Labute approximate surface area is 82.1 Å². The van der Waals surface area contributed by atoms with Gasteiger partial charge in [-0.1, -0.05) is 18.5 Å². The number of hydrogen-bond acceptors (Lipinski definition) is 4. The first-order valence-corrected chi connectivity index (χ1v) is 4.37. The number of halogens is 1. The van der Waals surface area contributed by atoms with Gasteiger partial charge in [-0.25, -0.2) is 4.99 Å². The molecule has 2 atom stereocenters. The second kappa shape index (κ2) is 3.88. The van der Waals surface area contributed by atoms with Crippen LogP contribution in [0.4, 0.5) is 0 Å². The zero-order chi connectivity index (χ0) is 9.90. The van der Waals surface area contributed by atoms with E-state index in [4.69, 9.17) is 22.6 Å². The van der Waals surface area contributed by atoms with Gasteiger partial charge in [0.15, 0.2) is 0 Å². The zero-order valence-electron chi connectivity index (χ0n) is 7.29. The van der Waals surface area contributed by atoms with Gasteiger partial charge in [0.1, 0.15) is 10.7 Å². The molecule has 4 nitrogen and oxygen atoms in total. The molecule has 0 fully saturated rings. The van der Waals surface area contributed by atoms with Crippen molar-refractivity contribution in [3.05, 3.63) is 11.2 Å². The minimum atomic E-state index is -0.909. The summed E-state index contributed by atoms with van der Waals surface area (Å²) in [5, 5.41) is 12.3. The Bertz CT molecular complexity index is 291. The lowest BCUT2D eigenvalue weighted by molar-refractivity contribution is 0.479. The molecular weight excluding hydrogens is 188 g/mol. The van der Waals surface area contributed by atoms with E-state index in [9.17, 15) is 0 Å². The monoisotopic (exact) mass is 198 g/mol. The summed E-state index contributed by atoms with van der Waals surface area (Å²) in [6, 6.07) is 1.65. The van der Waals surface area contributed by atoms with Crippen molar-refractivity contribution in [2.45, 2.75) is 18.5 Å². The van der Waals surface area contributed by atoms with Crippen LogP contribution in [0.5, 0.6) is 0 Å². The highest BCUT2D eigenvalue weighted by atomic mass is 35.5.